The summed E-state index contributed by atoms with van der Waals surface area (Å²) < 4.78 is 0. The van der Waals surface area contributed by atoms with Gasteiger partial charge >= 0.3 is 0 Å². The molecule has 0 bridgehead atoms. The number of nitro benzene ring substituents is 1. The first-order chi connectivity index (χ1) is 9.86. The van der Waals surface area contributed by atoms with Crippen LogP contribution in [0.5, 0.6) is 0 Å². The lowest BCUT2D eigenvalue weighted by Crippen LogP contribution is -2.00. The molecule has 0 amide bonds. The van der Waals surface area contributed by atoms with Crippen LogP contribution in [0, 0.1) is 10.1 Å². The standard InChI is InChI=1S/C12H13N5O3S/c1-6(18)7-2-3-9(8(4-7)17(19)20)21-12-15-10(13)5-11(14)16-12/h2-6,18H,1H3,(H4,13,14,15,16)/t6-/m1/s1. The largest absolute Gasteiger partial charge is 0.389 e. The van der Waals surface area contributed by atoms with Gasteiger partial charge in [0.15, 0.2) is 5.16 Å². The molecule has 1 atom stereocenters. The van der Waals surface area contributed by atoms with Crippen LogP contribution in [0.3, 0.4) is 0 Å². The van der Waals surface area contributed by atoms with Gasteiger partial charge in [0.25, 0.3) is 5.69 Å². The molecule has 5 N–H and O–H groups in total. The molecule has 2 rings (SSSR count). The minimum absolute atomic E-state index is 0.136. The number of nitro groups is 1. The summed E-state index contributed by atoms with van der Waals surface area (Å²) in [4.78, 5) is 18.9. The Morgan fingerprint density at radius 1 is 1.29 bits per heavy atom. The Morgan fingerprint density at radius 3 is 2.43 bits per heavy atom. The molecule has 0 aliphatic rings. The van der Waals surface area contributed by atoms with Crippen LogP contribution in [0.2, 0.25) is 0 Å². The van der Waals surface area contributed by atoms with Crippen LogP contribution in [-0.4, -0.2) is 20.0 Å². The summed E-state index contributed by atoms with van der Waals surface area (Å²) in [5.74, 6) is 0.376. The van der Waals surface area contributed by atoms with Gasteiger partial charge in [0, 0.05) is 12.1 Å². The maximum Gasteiger partial charge on any atom is 0.283 e. The van der Waals surface area contributed by atoms with Gasteiger partial charge in [0.2, 0.25) is 0 Å². The summed E-state index contributed by atoms with van der Waals surface area (Å²) in [6.45, 7) is 1.54. The van der Waals surface area contributed by atoms with Crippen molar-refractivity contribution in [2.24, 2.45) is 0 Å². The summed E-state index contributed by atoms with van der Waals surface area (Å²) in [5, 5.41) is 20.9. The van der Waals surface area contributed by atoms with Crippen molar-refractivity contribution in [3.8, 4) is 0 Å². The van der Waals surface area contributed by atoms with Crippen molar-refractivity contribution in [2.75, 3.05) is 11.5 Å². The molecule has 0 spiro atoms. The van der Waals surface area contributed by atoms with Gasteiger partial charge < -0.3 is 16.6 Å². The Morgan fingerprint density at radius 2 is 1.90 bits per heavy atom. The van der Waals surface area contributed by atoms with Gasteiger partial charge in [-0.1, -0.05) is 6.07 Å². The predicted molar refractivity (Wildman–Crippen MR) is 78.7 cm³/mol. The number of aliphatic hydroxyl groups is 1. The number of nitrogens with two attached hydrogens (primary N) is 2. The fraction of sp³-hybridized carbons (Fsp3) is 0.167. The quantitative estimate of drug-likeness (QED) is 0.440. The molecule has 0 fully saturated rings. The van der Waals surface area contributed by atoms with E-state index in [0.29, 0.717) is 10.5 Å². The number of aromatic nitrogens is 2. The number of hydrogen-bond acceptors (Lipinski definition) is 8. The predicted octanol–water partition coefficient (Wildman–Crippen LogP) is 1.75. The van der Waals surface area contributed by atoms with Gasteiger partial charge in [-0.25, -0.2) is 9.97 Å². The Kier molecular flexibility index (Phi) is 4.24. The molecular formula is C12H13N5O3S. The first-order valence-corrected chi connectivity index (χ1v) is 6.72. The third kappa shape index (κ3) is 3.58. The summed E-state index contributed by atoms with van der Waals surface area (Å²) >= 11 is 0.986. The van der Waals surface area contributed by atoms with Crippen LogP contribution in [-0.2, 0) is 0 Å². The number of hydrogen-bond donors (Lipinski definition) is 3. The highest BCUT2D eigenvalue weighted by Gasteiger charge is 2.18. The van der Waals surface area contributed by atoms with E-state index < -0.39 is 11.0 Å². The molecule has 1 aromatic heterocycles. The third-order valence-electron chi connectivity index (χ3n) is 2.61. The third-order valence-corrected chi connectivity index (χ3v) is 3.54. The number of aliphatic hydroxyl groups excluding tert-OH is 1. The van der Waals surface area contributed by atoms with Crippen molar-refractivity contribution in [1.82, 2.24) is 9.97 Å². The highest BCUT2D eigenvalue weighted by atomic mass is 32.2. The second-order valence-corrected chi connectivity index (χ2v) is 5.27. The lowest BCUT2D eigenvalue weighted by Gasteiger charge is -2.07. The number of nitrogens with zero attached hydrogens (tertiary/aromatic N) is 3. The average molecular weight is 307 g/mol. The molecule has 8 nitrogen and oxygen atoms in total. The molecule has 1 heterocycles. The van der Waals surface area contributed by atoms with Crippen LogP contribution in [0.4, 0.5) is 17.3 Å². The summed E-state index contributed by atoms with van der Waals surface area (Å²) in [7, 11) is 0. The van der Waals surface area contributed by atoms with Crippen LogP contribution < -0.4 is 11.5 Å². The van der Waals surface area contributed by atoms with E-state index in [-0.39, 0.29) is 22.5 Å². The molecular weight excluding hydrogens is 294 g/mol. The second kappa shape index (κ2) is 5.94. The Labute approximate surface area is 124 Å². The molecule has 0 saturated heterocycles. The highest BCUT2D eigenvalue weighted by Crippen LogP contribution is 2.35. The zero-order chi connectivity index (χ0) is 15.6. The van der Waals surface area contributed by atoms with E-state index in [2.05, 4.69) is 9.97 Å². The van der Waals surface area contributed by atoms with Crippen molar-refractivity contribution in [2.45, 2.75) is 23.1 Å². The van der Waals surface area contributed by atoms with E-state index in [9.17, 15) is 15.2 Å². The molecule has 0 unspecified atom stereocenters. The summed E-state index contributed by atoms with van der Waals surface area (Å²) in [5.41, 5.74) is 11.4. The molecule has 2 aromatic rings. The minimum atomic E-state index is -0.790. The number of nitrogen functional groups attached to an aromatic ring is 2. The van der Waals surface area contributed by atoms with E-state index in [1.165, 1.54) is 25.1 Å². The van der Waals surface area contributed by atoms with E-state index in [1.54, 1.807) is 6.07 Å². The number of benzene rings is 1. The molecule has 110 valence electrons. The van der Waals surface area contributed by atoms with Crippen molar-refractivity contribution in [3.63, 3.8) is 0 Å². The second-order valence-electron chi connectivity index (χ2n) is 4.26. The summed E-state index contributed by atoms with van der Waals surface area (Å²) in [6, 6.07) is 5.86. The van der Waals surface area contributed by atoms with Crippen molar-refractivity contribution >= 4 is 29.1 Å². The Balaban J connectivity index is 2.41. The molecule has 0 aliphatic carbocycles. The topological polar surface area (TPSA) is 141 Å². The van der Waals surface area contributed by atoms with Crippen LogP contribution in [0.15, 0.2) is 34.3 Å². The molecule has 21 heavy (non-hydrogen) atoms. The first kappa shape index (κ1) is 15.0. The van der Waals surface area contributed by atoms with E-state index >= 15 is 0 Å². The fourth-order valence-corrected chi connectivity index (χ4v) is 2.50. The molecule has 0 saturated carbocycles. The lowest BCUT2D eigenvalue weighted by molar-refractivity contribution is -0.387. The molecule has 9 heteroatoms. The molecule has 1 aromatic carbocycles. The van der Waals surface area contributed by atoms with Gasteiger partial charge in [0.1, 0.15) is 11.6 Å². The SMILES string of the molecule is C[C@@H](O)c1ccc(Sc2nc(N)cc(N)n2)c([N+](=O)[O-])c1. The lowest BCUT2D eigenvalue weighted by atomic mass is 10.1. The van der Waals surface area contributed by atoms with Crippen LogP contribution in [0.1, 0.15) is 18.6 Å². The van der Waals surface area contributed by atoms with E-state index in [4.69, 9.17) is 11.5 Å². The average Bonchev–Trinajstić information content (AvgIpc) is 2.37. The van der Waals surface area contributed by atoms with Crippen LogP contribution >= 0.6 is 11.8 Å². The zero-order valence-corrected chi connectivity index (χ0v) is 11.9. The van der Waals surface area contributed by atoms with Gasteiger partial charge in [-0.05, 0) is 30.3 Å². The van der Waals surface area contributed by atoms with Gasteiger partial charge in [-0.3, -0.25) is 10.1 Å². The highest BCUT2D eigenvalue weighted by molar-refractivity contribution is 7.99. The molecule has 0 radical (unpaired) electrons. The van der Waals surface area contributed by atoms with Gasteiger partial charge in [0.05, 0.1) is 15.9 Å². The number of anilines is 2. The minimum Gasteiger partial charge on any atom is -0.389 e. The van der Waals surface area contributed by atoms with Crippen molar-refractivity contribution in [1.29, 1.82) is 0 Å². The molecule has 0 aliphatic heterocycles. The van der Waals surface area contributed by atoms with Crippen LogP contribution in [0.25, 0.3) is 0 Å². The van der Waals surface area contributed by atoms with Crippen molar-refractivity contribution in [3.05, 3.63) is 39.9 Å². The Hall–Kier alpha value is -2.39. The zero-order valence-electron chi connectivity index (χ0n) is 11.1. The van der Waals surface area contributed by atoms with Crippen molar-refractivity contribution < 1.29 is 10.0 Å². The van der Waals surface area contributed by atoms with Gasteiger partial charge in [-0.2, -0.15) is 0 Å². The Bertz CT molecular complexity index is 672. The van der Waals surface area contributed by atoms with E-state index in [0.717, 1.165) is 11.8 Å². The fourth-order valence-electron chi connectivity index (χ4n) is 1.63. The maximum absolute atomic E-state index is 11.1. The number of rotatable bonds is 4. The smallest absolute Gasteiger partial charge is 0.283 e. The first-order valence-electron chi connectivity index (χ1n) is 5.91. The maximum atomic E-state index is 11.1. The van der Waals surface area contributed by atoms with Gasteiger partial charge in [-0.15, -0.1) is 0 Å². The normalized spacial score (nSPS) is 12.1. The van der Waals surface area contributed by atoms with E-state index in [1.807, 2.05) is 0 Å². The monoisotopic (exact) mass is 307 g/mol. The summed E-state index contributed by atoms with van der Waals surface area (Å²) in [6.07, 6.45) is -0.790.